The molecule has 0 fully saturated rings. The molecule has 0 saturated heterocycles. The summed E-state index contributed by atoms with van der Waals surface area (Å²) in [5.41, 5.74) is 0.540. The van der Waals surface area contributed by atoms with Crippen LogP contribution >= 0.6 is 0 Å². The first-order valence-corrected chi connectivity index (χ1v) is 14.9. The average Bonchev–Trinajstić information content (AvgIpc) is 3.00. The van der Waals surface area contributed by atoms with E-state index in [-0.39, 0.29) is 24.2 Å². The molecule has 0 aromatic heterocycles. The number of alkyl carbamates (subject to hydrolysis) is 1. The Morgan fingerprint density at radius 1 is 0.800 bits per heavy atom. The third kappa shape index (κ3) is 13.3. The second kappa shape index (κ2) is 18.3. The average molecular weight is 628 g/mol. The molecule has 0 heterocycles. The molecule has 0 bridgehead atoms. The van der Waals surface area contributed by atoms with Crippen LogP contribution in [0.25, 0.3) is 0 Å². The second-order valence-corrected chi connectivity index (χ2v) is 11.3. The largest absolute Gasteiger partial charge is 0.481 e. The fourth-order valence-electron chi connectivity index (χ4n) is 4.23. The number of hydrogen-bond donors (Lipinski definition) is 3. The number of nitrogens with one attached hydrogen (secondary N) is 3. The molecule has 2 atom stereocenters. The molecule has 12 nitrogen and oxygen atoms in total. The van der Waals surface area contributed by atoms with Crippen LogP contribution in [0.4, 0.5) is 4.79 Å². The van der Waals surface area contributed by atoms with Crippen LogP contribution in [0.5, 0.6) is 5.75 Å². The van der Waals surface area contributed by atoms with Gasteiger partial charge in [-0.25, -0.2) is 14.4 Å². The Morgan fingerprint density at radius 3 is 2.09 bits per heavy atom. The topological polar surface area (TPSA) is 158 Å². The maximum absolute atomic E-state index is 13.7. The first-order chi connectivity index (χ1) is 21.4. The second-order valence-electron chi connectivity index (χ2n) is 11.3. The molecule has 3 amide bonds. The summed E-state index contributed by atoms with van der Waals surface area (Å²) in [4.78, 5) is 63.9. The van der Waals surface area contributed by atoms with Crippen molar-refractivity contribution in [1.82, 2.24) is 16.0 Å². The molecule has 0 aliphatic rings. The quantitative estimate of drug-likeness (QED) is 0.144. The van der Waals surface area contributed by atoms with E-state index in [1.807, 2.05) is 37.3 Å². The number of carbonyl (C=O) groups excluding carboxylic acids is 5. The molecule has 1 unspecified atom stereocenters. The van der Waals surface area contributed by atoms with E-state index in [0.29, 0.717) is 12.1 Å². The molecule has 2 aromatic rings. The standard InChI is InChI=1S/C33H45N3O9/c1-7-8-12-17-34-29(38)25(20-23-15-16-27(44-21-28(37)42-5)24(18-23)31(40)43-6)35-30(39)26(19-22-13-10-9-11-14-22)36-32(41)45-33(2,3)4/h9-11,13-16,18,25-26H,7-8,12,17,19-21H2,1-6H3,(H,34,38)(H,35,39)(H,36,41)/t25?,26-/m0/s1. The number of methoxy groups -OCH3 is 2. The highest BCUT2D eigenvalue weighted by atomic mass is 16.6. The lowest BCUT2D eigenvalue weighted by molar-refractivity contribution is -0.143. The van der Waals surface area contributed by atoms with E-state index in [1.54, 1.807) is 26.8 Å². The Balaban J connectivity index is 2.37. The maximum atomic E-state index is 13.7. The van der Waals surface area contributed by atoms with Crippen molar-refractivity contribution >= 4 is 29.8 Å². The molecule has 0 aliphatic carbocycles. The number of unbranched alkanes of at least 4 members (excludes halogenated alkanes) is 2. The first kappa shape index (κ1) is 36.6. The van der Waals surface area contributed by atoms with Gasteiger partial charge in [0.2, 0.25) is 11.8 Å². The Hall–Kier alpha value is -4.61. The normalized spacial score (nSPS) is 12.2. The van der Waals surface area contributed by atoms with Crippen molar-refractivity contribution in [1.29, 1.82) is 0 Å². The van der Waals surface area contributed by atoms with Crippen LogP contribution in [-0.2, 0) is 41.4 Å². The minimum Gasteiger partial charge on any atom is -0.481 e. The minimum atomic E-state index is -1.06. The summed E-state index contributed by atoms with van der Waals surface area (Å²) in [5.74, 6) is -2.29. The molecule has 45 heavy (non-hydrogen) atoms. The van der Waals surface area contributed by atoms with Gasteiger partial charge in [-0.05, 0) is 50.5 Å². The third-order valence-electron chi connectivity index (χ3n) is 6.46. The first-order valence-electron chi connectivity index (χ1n) is 14.9. The van der Waals surface area contributed by atoms with Crippen molar-refractivity contribution in [3.05, 3.63) is 65.2 Å². The summed E-state index contributed by atoms with van der Waals surface area (Å²) in [6, 6.07) is 11.6. The van der Waals surface area contributed by atoms with Gasteiger partial charge in [-0.3, -0.25) is 9.59 Å². The van der Waals surface area contributed by atoms with E-state index in [2.05, 4.69) is 20.7 Å². The predicted octanol–water partition coefficient (Wildman–Crippen LogP) is 3.49. The summed E-state index contributed by atoms with van der Waals surface area (Å²) in [6.07, 6.45) is 2.02. The molecular formula is C33H45N3O9. The van der Waals surface area contributed by atoms with Gasteiger partial charge < -0.3 is 34.9 Å². The zero-order valence-corrected chi connectivity index (χ0v) is 26.9. The van der Waals surface area contributed by atoms with Gasteiger partial charge in [-0.2, -0.15) is 0 Å². The lowest BCUT2D eigenvalue weighted by Gasteiger charge is -2.25. The summed E-state index contributed by atoms with van der Waals surface area (Å²) in [6.45, 7) is 7.18. The summed E-state index contributed by atoms with van der Waals surface area (Å²) >= 11 is 0. The molecule has 0 saturated carbocycles. The van der Waals surface area contributed by atoms with Gasteiger partial charge in [0, 0.05) is 19.4 Å². The predicted molar refractivity (Wildman–Crippen MR) is 167 cm³/mol. The highest BCUT2D eigenvalue weighted by Crippen LogP contribution is 2.22. The van der Waals surface area contributed by atoms with Crippen molar-refractivity contribution in [2.45, 2.75) is 77.5 Å². The maximum Gasteiger partial charge on any atom is 0.408 e. The number of esters is 2. The molecule has 0 spiro atoms. The van der Waals surface area contributed by atoms with E-state index < -0.39 is 54.1 Å². The Bertz CT molecular complexity index is 1290. The molecule has 2 aromatic carbocycles. The highest BCUT2D eigenvalue weighted by Gasteiger charge is 2.29. The van der Waals surface area contributed by atoms with E-state index in [4.69, 9.17) is 14.2 Å². The lowest BCUT2D eigenvalue weighted by atomic mass is 10.0. The van der Waals surface area contributed by atoms with Gasteiger partial charge in [0.05, 0.1) is 14.2 Å². The molecule has 0 radical (unpaired) electrons. The van der Waals surface area contributed by atoms with Crippen LogP contribution in [0.2, 0.25) is 0 Å². The number of ether oxygens (including phenoxy) is 4. The van der Waals surface area contributed by atoms with Crippen molar-refractivity contribution in [2.24, 2.45) is 0 Å². The van der Waals surface area contributed by atoms with Crippen molar-refractivity contribution in [2.75, 3.05) is 27.4 Å². The number of amides is 3. The van der Waals surface area contributed by atoms with Gasteiger partial charge in [-0.1, -0.05) is 56.2 Å². The molecule has 0 aliphatic heterocycles. The van der Waals surface area contributed by atoms with E-state index in [1.165, 1.54) is 26.4 Å². The zero-order valence-electron chi connectivity index (χ0n) is 26.9. The Kier molecular flexibility index (Phi) is 14.8. The summed E-state index contributed by atoms with van der Waals surface area (Å²) in [5, 5.41) is 8.30. The van der Waals surface area contributed by atoms with Crippen LogP contribution in [0.3, 0.4) is 0 Å². The van der Waals surface area contributed by atoms with Crippen molar-refractivity contribution < 1.29 is 42.9 Å². The van der Waals surface area contributed by atoms with Gasteiger partial charge >= 0.3 is 18.0 Å². The number of carbonyl (C=O) groups is 5. The highest BCUT2D eigenvalue weighted by molar-refractivity contribution is 5.93. The lowest BCUT2D eigenvalue weighted by Crippen LogP contribution is -2.55. The fraction of sp³-hybridized carbons (Fsp3) is 0.485. The van der Waals surface area contributed by atoms with Crippen LogP contribution in [0.1, 0.15) is 68.4 Å². The van der Waals surface area contributed by atoms with Crippen LogP contribution in [0.15, 0.2) is 48.5 Å². The molecule has 246 valence electrons. The van der Waals surface area contributed by atoms with E-state index >= 15 is 0 Å². The Morgan fingerprint density at radius 2 is 1.47 bits per heavy atom. The molecule has 2 rings (SSSR count). The third-order valence-corrected chi connectivity index (χ3v) is 6.46. The van der Waals surface area contributed by atoms with Crippen LogP contribution < -0.4 is 20.7 Å². The number of benzene rings is 2. The van der Waals surface area contributed by atoms with Gasteiger partial charge in [0.1, 0.15) is 29.0 Å². The van der Waals surface area contributed by atoms with Crippen LogP contribution in [0, 0.1) is 0 Å². The van der Waals surface area contributed by atoms with Crippen molar-refractivity contribution in [3.63, 3.8) is 0 Å². The van der Waals surface area contributed by atoms with Gasteiger partial charge in [-0.15, -0.1) is 0 Å². The molecular weight excluding hydrogens is 582 g/mol. The number of hydrogen-bond acceptors (Lipinski definition) is 9. The molecule has 3 N–H and O–H groups in total. The van der Waals surface area contributed by atoms with Crippen LogP contribution in [-0.4, -0.2) is 74.9 Å². The van der Waals surface area contributed by atoms with Gasteiger partial charge in [0.15, 0.2) is 6.61 Å². The molecule has 12 heteroatoms. The SMILES string of the molecule is CCCCCNC(=O)C(Cc1ccc(OCC(=O)OC)c(C(=O)OC)c1)NC(=O)[C@H](Cc1ccccc1)NC(=O)OC(C)(C)C. The summed E-state index contributed by atoms with van der Waals surface area (Å²) in [7, 11) is 2.42. The smallest absolute Gasteiger partial charge is 0.408 e. The Labute approximate surface area is 264 Å². The van der Waals surface area contributed by atoms with Gasteiger partial charge in [0.25, 0.3) is 0 Å². The zero-order chi connectivity index (χ0) is 33.4. The minimum absolute atomic E-state index is 0.00286. The fourth-order valence-corrected chi connectivity index (χ4v) is 4.23. The van der Waals surface area contributed by atoms with Crippen molar-refractivity contribution in [3.8, 4) is 5.75 Å². The van der Waals surface area contributed by atoms with E-state index in [9.17, 15) is 24.0 Å². The summed E-state index contributed by atoms with van der Waals surface area (Å²) < 4.78 is 20.3. The van der Waals surface area contributed by atoms with E-state index in [0.717, 1.165) is 24.8 Å². The monoisotopic (exact) mass is 627 g/mol. The number of rotatable bonds is 16.